The maximum absolute atomic E-state index is 13.4. The van der Waals surface area contributed by atoms with Gasteiger partial charge in [-0.05, 0) is 122 Å². The Hall–Kier alpha value is -1.74. The van der Waals surface area contributed by atoms with E-state index in [2.05, 4.69) is 90.4 Å². The molecule has 6 rings (SSSR count). The Kier molecular flexibility index (Phi) is 31.7. The average Bonchev–Trinajstić information content (AvgIpc) is 3.97. The number of aliphatic carboxylic acids is 2. The van der Waals surface area contributed by atoms with Gasteiger partial charge >= 0.3 is 23.9 Å². The lowest BCUT2D eigenvalue weighted by molar-refractivity contribution is -0.152. The molecule has 1 amide bonds. The molecule has 0 radical (unpaired) electrons. The lowest BCUT2D eigenvalue weighted by Gasteiger charge is -2.35. The van der Waals surface area contributed by atoms with E-state index in [1.807, 2.05) is 60.7 Å². The SMILES string of the molecule is CCOC(=O)[C@@H](CCc1ccccc1)N[C@@H](C)C(C)=O.CCOC(=O)[C@H](CCc1ccccc1)N[C@@H](C)C(=O)N1C2CCCCC2C[C@H]1C(=O)O.II.II.O=C(O)[C@@H]1CC2CCCCC2N1. The molecule has 0 aromatic heterocycles. The van der Waals surface area contributed by atoms with Crippen LogP contribution in [0, 0.1) is 11.8 Å². The number of nitrogens with zero attached hydrogens (tertiary/aromatic N) is 1. The number of ether oxygens (including phenoxy) is 2. The fourth-order valence-corrected chi connectivity index (χ4v) is 9.46. The van der Waals surface area contributed by atoms with Crippen molar-refractivity contribution in [3.05, 3.63) is 71.8 Å². The highest BCUT2D eigenvalue weighted by Crippen LogP contribution is 2.40. The van der Waals surface area contributed by atoms with Crippen LogP contribution >= 0.6 is 74.5 Å². The Balaban J connectivity index is 0.000000365. The van der Waals surface area contributed by atoms with Crippen molar-refractivity contribution in [3.8, 4) is 0 Å². The van der Waals surface area contributed by atoms with Gasteiger partial charge in [0.2, 0.25) is 5.91 Å². The number of carbonyl (C=O) groups is 6. The van der Waals surface area contributed by atoms with Crippen LogP contribution in [-0.2, 0) is 51.1 Å². The molecule has 18 heteroatoms. The van der Waals surface area contributed by atoms with Gasteiger partial charge in [-0.15, -0.1) is 0 Å². The number of fused-ring (bicyclic) bond motifs is 2. The molecule has 0 spiro atoms. The number of carboxylic acid groups (broad SMARTS) is 2. The molecule has 2 aliphatic carbocycles. The van der Waals surface area contributed by atoms with Gasteiger partial charge < -0.3 is 29.9 Å². The van der Waals surface area contributed by atoms with E-state index in [0.717, 1.165) is 44.1 Å². The van der Waals surface area contributed by atoms with Crippen molar-refractivity contribution in [3.63, 3.8) is 0 Å². The molecule has 2 heterocycles. The molecule has 2 saturated heterocycles. The van der Waals surface area contributed by atoms with Gasteiger partial charge in [-0.3, -0.25) is 34.6 Å². The number of esters is 2. The fourth-order valence-electron chi connectivity index (χ4n) is 9.46. The maximum Gasteiger partial charge on any atom is 0.326 e. The van der Waals surface area contributed by atoms with Gasteiger partial charge in [0.1, 0.15) is 30.0 Å². The third-order valence-corrected chi connectivity index (χ3v) is 12.9. The summed E-state index contributed by atoms with van der Waals surface area (Å²) in [7, 11) is 0. The number of amides is 1. The molecule has 67 heavy (non-hydrogen) atoms. The first-order valence-corrected chi connectivity index (χ1v) is 36.1. The smallest absolute Gasteiger partial charge is 0.326 e. The summed E-state index contributed by atoms with van der Waals surface area (Å²) in [6.45, 7) is 9.13. The molecule has 0 bridgehead atoms. The van der Waals surface area contributed by atoms with Crippen molar-refractivity contribution in [2.24, 2.45) is 11.8 Å². The molecule has 2 aliphatic heterocycles. The second-order valence-corrected chi connectivity index (χ2v) is 17.4. The molecule has 2 aromatic rings. The molecule has 10 atom stereocenters. The fraction of sp³-hybridized carbons (Fsp3) is 0.633. The molecule has 2 aromatic carbocycles. The van der Waals surface area contributed by atoms with Crippen molar-refractivity contribution < 1.29 is 48.5 Å². The summed E-state index contributed by atoms with van der Waals surface area (Å²) in [6, 6.07) is 17.1. The first kappa shape index (κ1) is 61.4. The highest BCUT2D eigenvalue weighted by atomic mass is 128. The minimum Gasteiger partial charge on any atom is -0.480 e. The minimum atomic E-state index is -0.944. The second-order valence-electron chi connectivity index (χ2n) is 17.4. The Labute approximate surface area is 444 Å². The molecule has 4 unspecified atom stereocenters. The molecular formula is C49H72I4N4O10. The van der Waals surface area contributed by atoms with Gasteiger partial charge in [0.15, 0.2) is 0 Å². The van der Waals surface area contributed by atoms with E-state index in [4.69, 9.17) is 14.6 Å². The van der Waals surface area contributed by atoms with Crippen molar-refractivity contribution in [2.75, 3.05) is 13.2 Å². The quantitative estimate of drug-likeness (QED) is 0.0699. The molecule has 4 aliphatic rings. The predicted octanol–water partition coefficient (Wildman–Crippen LogP) is 9.43. The van der Waals surface area contributed by atoms with E-state index in [0.29, 0.717) is 44.2 Å². The summed E-state index contributed by atoms with van der Waals surface area (Å²) in [4.78, 5) is 73.3. The number of benzene rings is 2. The van der Waals surface area contributed by atoms with Crippen LogP contribution in [-0.4, -0.2) is 112 Å². The van der Waals surface area contributed by atoms with Gasteiger partial charge in [0.25, 0.3) is 0 Å². The number of carbonyl (C=O) groups excluding carboxylic acids is 4. The van der Waals surface area contributed by atoms with Crippen molar-refractivity contribution >= 4 is 110 Å². The van der Waals surface area contributed by atoms with Crippen molar-refractivity contribution in [1.82, 2.24) is 20.9 Å². The van der Waals surface area contributed by atoms with Crippen LogP contribution in [0.2, 0.25) is 0 Å². The van der Waals surface area contributed by atoms with Crippen molar-refractivity contribution in [2.45, 2.75) is 173 Å². The molecular weight excluding hydrogens is 1310 g/mol. The number of rotatable bonds is 18. The molecule has 376 valence electrons. The number of aryl methyl sites for hydroxylation is 2. The maximum atomic E-state index is 13.4. The van der Waals surface area contributed by atoms with Crippen molar-refractivity contribution in [1.29, 1.82) is 0 Å². The van der Waals surface area contributed by atoms with Gasteiger partial charge in [-0.1, -0.05) is 86.3 Å². The molecule has 14 nitrogen and oxygen atoms in total. The standard InChI is InChI=1S/C24H34N2O5.C16H23NO3.C9H15NO2.2I2/c1-3-31-24(30)19(14-13-17-9-5-4-6-10-17)25-16(2)22(27)26-20-12-8-7-11-18(20)15-21(26)23(28)29;1-4-20-16(19)15(17-12(2)13(3)18)11-10-14-8-6-5-7-9-14;11-9(12)8-5-6-3-1-2-4-7(6)10-8;2*1-2/h4-6,9-10,16,18-21,25H,3,7-8,11-15H2,1-2H3,(H,28,29);5-9,12,15,17H,4,10-11H2,1-3H3;6-8,10H,1-5H2,(H,11,12);;/t16-,18?,19-,20?,21-;12-,15+;6?,7?,8-;;/m000../s1. The number of hydrogen-bond acceptors (Lipinski definition) is 11. The van der Waals surface area contributed by atoms with E-state index in [1.54, 1.807) is 32.6 Å². The Morgan fingerprint density at radius 3 is 1.58 bits per heavy atom. The van der Waals surface area contributed by atoms with Gasteiger partial charge in [0, 0.05) is 86.5 Å². The second kappa shape index (κ2) is 34.6. The topological polar surface area (TPSA) is 201 Å². The molecule has 5 N–H and O–H groups in total. The van der Waals surface area contributed by atoms with Crippen LogP contribution in [0.4, 0.5) is 0 Å². The van der Waals surface area contributed by atoms with Gasteiger partial charge in [-0.25, -0.2) is 4.79 Å². The number of nitrogens with one attached hydrogen (secondary N) is 3. The predicted molar refractivity (Wildman–Crippen MR) is 296 cm³/mol. The van der Waals surface area contributed by atoms with E-state index >= 15 is 0 Å². The Bertz CT molecular complexity index is 1770. The number of hydrogen-bond donors (Lipinski definition) is 5. The number of Topliss-reactive ketones (excluding diaryl/α,β-unsaturated/α-hetero) is 1. The lowest BCUT2D eigenvalue weighted by atomic mass is 9.84. The first-order chi connectivity index (χ1) is 32.2. The van der Waals surface area contributed by atoms with Crippen LogP contribution in [0.5, 0.6) is 0 Å². The summed E-state index contributed by atoms with van der Waals surface area (Å²) in [5, 5.41) is 27.9. The highest BCUT2D eigenvalue weighted by molar-refractivity contribution is 15.0. The summed E-state index contributed by atoms with van der Waals surface area (Å²) >= 11 is 8.48. The van der Waals surface area contributed by atoms with Crippen LogP contribution in [0.25, 0.3) is 0 Å². The summed E-state index contributed by atoms with van der Waals surface area (Å²) in [5.74, 6) is -1.63. The largest absolute Gasteiger partial charge is 0.480 e. The van der Waals surface area contributed by atoms with Gasteiger partial charge in [-0.2, -0.15) is 0 Å². The zero-order valence-electron chi connectivity index (χ0n) is 39.5. The summed E-state index contributed by atoms with van der Waals surface area (Å²) < 4.78 is 10.3. The molecule has 2 saturated carbocycles. The normalized spacial score (nSPS) is 23.0. The minimum absolute atomic E-state index is 0.0130. The van der Waals surface area contributed by atoms with Crippen LogP contribution in [0.15, 0.2) is 60.7 Å². The number of carboxylic acids is 2. The zero-order chi connectivity index (χ0) is 49.9. The monoisotopic (exact) mass is 1380 g/mol. The number of halogens is 4. The van der Waals surface area contributed by atoms with E-state index in [1.165, 1.54) is 38.2 Å². The highest BCUT2D eigenvalue weighted by Gasteiger charge is 2.48. The first-order valence-electron chi connectivity index (χ1n) is 23.5. The Morgan fingerprint density at radius 1 is 0.672 bits per heavy atom. The van der Waals surface area contributed by atoms with E-state index in [-0.39, 0.29) is 54.3 Å². The summed E-state index contributed by atoms with van der Waals surface area (Å²) in [6.07, 6.45) is 12.8. The summed E-state index contributed by atoms with van der Waals surface area (Å²) in [5.41, 5.74) is 2.27. The lowest BCUT2D eigenvalue weighted by Crippen LogP contribution is -2.55. The number of likely N-dealkylation sites (tertiary alicyclic amines) is 1. The third-order valence-electron chi connectivity index (χ3n) is 12.9. The average molecular weight is 1380 g/mol. The third kappa shape index (κ3) is 21.3. The van der Waals surface area contributed by atoms with E-state index in [9.17, 15) is 33.9 Å². The van der Waals surface area contributed by atoms with Crippen LogP contribution < -0.4 is 16.0 Å². The molecule has 4 fully saturated rings. The zero-order valence-corrected chi connectivity index (χ0v) is 48.1. The van der Waals surface area contributed by atoms with E-state index < -0.39 is 36.1 Å². The van der Waals surface area contributed by atoms with Gasteiger partial charge in [0.05, 0.1) is 25.3 Å². The van der Waals surface area contributed by atoms with Crippen LogP contribution in [0.1, 0.15) is 123 Å². The van der Waals surface area contributed by atoms with Crippen LogP contribution in [0.3, 0.4) is 0 Å². The Morgan fingerprint density at radius 2 is 1.13 bits per heavy atom. The number of ketones is 1.